The van der Waals surface area contributed by atoms with Gasteiger partial charge in [-0.15, -0.1) is 10.2 Å². The summed E-state index contributed by atoms with van der Waals surface area (Å²) in [4.78, 5) is -0.479. The number of hydrogen-bond acceptors (Lipinski definition) is 5. The predicted molar refractivity (Wildman–Crippen MR) is 75.3 cm³/mol. The van der Waals surface area contributed by atoms with Gasteiger partial charge in [-0.05, 0) is 31.5 Å². The molecule has 21 heavy (non-hydrogen) atoms. The SMILES string of the molecule is CCn1cnnc1CNS(=O)(=O)c1cc(N)c(C)cc1F. The van der Waals surface area contributed by atoms with Crippen molar-refractivity contribution in [3.63, 3.8) is 0 Å². The number of nitrogens with zero attached hydrogens (tertiary/aromatic N) is 3. The molecule has 1 heterocycles. The zero-order valence-corrected chi connectivity index (χ0v) is 12.5. The number of anilines is 1. The topological polar surface area (TPSA) is 103 Å². The van der Waals surface area contributed by atoms with Gasteiger partial charge in [0.15, 0.2) is 0 Å². The van der Waals surface area contributed by atoms with Gasteiger partial charge in [0.25, 0.3) is 0 Å². The normalized spacial score (nSPS) is 11.8. The van der Waals surface area contributed by atoms with Crippen LogP contribution in [0, 0.1) is 12.7 Å². The molecular weight excluding hydrogens is 297 g/mol. The van der Waals surface area contributed by atoms with Crippen LogP contribution in [0.2, 0.25) is 0 Å². The Morgan fingerprint density at radius 2 is 2.14 bits per heavy atom. The van der Waals surface area contributed by atoms with E-state index in [0.717, 1.165) is 12.1 Å². The minimum absolute atomic E-state index is 0.0800. The van der Waals surface area contributed by atoms with E-state index in [1.807, 2.05) is 6.92 Å². The van der Waals surface area contributed by atoms with E-state index in [0.29, 0.717) is 17.9 Å². The maximum absolute atomic E-state index is 13.8. The molecule has 0 unspecified atom stereocenters. The van der Waals surface area contributed by atoms with Crippen molar-refractivity contribution >= 4 is 15.7 Å². The van der Waals surface area contributed by atoms with E-state index in [1.54, 1.807) is 11.5 Å². The molecule has 9 heteroatoms. The summed E-state index contributed by atoms with van der Waals surface area (Å²) < 4.78 is 42.1. The Labute approximate surface area is 122 Å². The average molecular weight is 313 g/mol. The maximum atomic E-state index is 13.8. The largest absolute Gasteiger partial charge is 0.398 e. The first-order valence-electron chi connectivity index (χ1n) is 6.27. The van der Waals surface area contributed by atoms with Crippen molar-refractivity contribution < 1.29 is 12.8 Å². The fraction of sp³-hybridized carbons (Fsp3) is 0.333. The highest BCUT2D eigenvalue weighted by atomic mass is 32.2. The van der Waals surface area contributed by atoms with Gasteiger partial charge in [0, 0.05) is 12.2 Å². The summed E-state index contributed by atoms with van der Waals surface area (Å²) in [5, 5.41) is 7.50. The third-order valence-electron chi connectivity index (χ3n) is 3.07. The summed E-state index contributed by atoms with van der Waals surface area (Å²) in [6.45, 7) is 4.01. The minimum atomic E-state index is -4.02. The fourth-order valence-electron chi connectivity index (χ4n) is 1.79. The van der Waals surface area contributed by atoms with Gasteiger partial charge >= 0.3 is 0 Å². The molecule has 1 aromatic carbocycles. The zero-order valence-electron chi connectivity index (χ0n) is 11.7. The number of benzene rings is 1. The smallest absolute Gasteiger partial charge is 0.243 e. The van der Waals surface area contributed by atoms with E-state index >= 15 is 0 Å². The first kappa shape index (κ1) is 15.4. The highest BCUT2D eigenvalue weighted by Crippen LogP contribution is 2.21. The van der Waals surface area contributed by atoms with Gasteiger partial charge in [-0.3, -0.25) is 0 Å². The Bertz CT molecular complexity index is 757. The lowest BCUT2D eigenvalue weighted by atomic mass is 10.2. The van der Waals surface area contributed by atoms with Crippen LogP contribution in [0.3, 0.4) is 0 Å². The molecule has 114 valence electrons. The van der Waals surface area contributed by atoms with Crippen LogP contribution >= 0.6 is 0 Å². The van der Waals surface area contributed by atoms with Crippen LogP contribution in [0.5, 0.6) is 0 Å². The summed E-state index contributed by atoms with van der Waals surface area (Å²) in [5.74, 6) is -0.396. The Morgan fingerprint density at radius 3 is 2.81 bits per heavy atom. The third kappa shape index (κ3) is 3.19. The van der Waals surface area contributed by atoms with Gasteiger partial charge in [0.2, 0.25) is 10.0 Å². The van der Waals surface area contributed by atoms with Gasteiger partial charge in [0.1, 0.15) is 22.9 Å². The second kappa shape index (κ2) is 5.78. The quantitative estimate of drug-likeness (QED) is 0.795. The molecule has 1 aromatic heterocycles. The Morgan fingerprint density at radius 1 is 1.43 bits per heavy atom. The maximum Gasteiger partial charge on any atom is 0.243 e. The van der Waals surface area contributed by atoms with E-state index < -0.39 is 20.7 Å². The summed E-state index contributed by atoms with van der Waals surface area (Å²) in [7, 11) is -4.02. The molecule has 0 spiro atoms. The number of nitrogen functional groups attached to an aromatic ring is 1. The second-order valence-corrected chi connectivity index (χ2v) is 6.23. The lowest BCUT2D eigenvalue weighted by molar-refractivity contribution is 0.553. The molecule has 0 atom stereocenters. The number of rotatable bonds is 5. The van der Waals surface area contributed by atoms with Gasteiger partial charge < -0.3 is 10.3 Å². The minimum Gasteiger partial charge on any atom is -0.398 e. The molecule has 3 N–H and O–H groups in total. The van der Waals surface area contributed by atoms with Crippen LogP contribution in [-0.2, 0) is 23.1 Å². The third-order valence-corrected chi connectivity index (χ3v) is 4.48. The summed E-state index contributed by atoms with van der Waals surface area (Å²) in [6.07, 6.45) is 1.49. The zero-order chi connectivity index (χ0) is 15.6. The Hall–Kier alpha value is -2.00. The van der Waals surface area contributed by atoms with Crippen molar-refractivity contribution in [3.05, 3.63) is 35.7 Å². The van der Waals surface area contributed by atoms with Crippen LogP contribution in [0.25, 0.3) is 0 Å². The standard InChI is InChI=1S/C12H16FN5O2S/c1-3-18-7-15-17-12(18)6-16-21(19,20)11-5-10(14)8(2)4-9(11)13/h4-5,7,16H,3,6,14H2,1-2H3. The molecule has 0 aliphatic rings. The lowest BCUT2D eigenvalue weighted by Crippen LogP contribution is -2.26. The molecule has 2 aromatic rings. The van der Waals surface area contributed by atoms with Crippen molar-refractivity contribution in [2.24, 2.45) is 0 Å². The number of nitrogens with one attached hydrogen (secondary N) is 1. The molecule has 7 nitrogen and oxygen atoms in total. The highest BCUT2D eigenvalue weighted by Gasteiger charge is 2.21. The number of halogens is 1. The number of hydrogen-bond donors (Lipinski definition) is 2. The molecule has 0 amide bonds. The van der Waals surface area contributed by atoms with E-state index in [4.69, 9.17) is 5.73 Å². The summed E-state index contributed by atoms with van der Waals surface area (Å²) in [5.41, 5.74) is 6.34. The van der Waals surface area contributed by atoms with Crippen LogP contribution in [-0.4, -0.2) is 23.2 Å². The van der Waals surface area contributed by atoms with Crippen LogP contribution in [0.4, 0.5) is 10.1 Å². The van der Waals surface area contributed by atoms with E-state index in [9.17, 15) is 12.8 Å². The second-order valence-electron chi connectivity index (χ2n) is 4.50. The van der Waals surface area contributed by atoms with Crippen LogP contribution < -0.4 is 10.5 Å². The molecular formula is C12H16FN5O2S. The van der Waals surface area contributed by atoms with Crippen molar-refractivity contribution in [2.45, 2.75) is 31.8 Å². The predicted octanol–water partition coefficient (Wildman–Crippen LogP) is 0.806. The average Bonchev–Trinajstić information content (AvgIpc) is 2.88. The molecule has 0 saturated carbocycles. The highest BCUT2D eigenvalue weighted by molar-refractivity contribution is 7.89. The van der Waals surface area contributed by atoms with Crippen molar-refractivity contribution in [2.75, 3.05) is 5.73 Å². The van der Waals surface area contributed by atoms with E-state index in [2.05, 4.69) is 14.9 Å². The van der Waals surface area contributed by atoms with Crippen molar-refractivity contribution in [1.29, 1.82) is 0 Å². The van der Waals surface area contributed by atoms with E-state index in [1.165, 1.54) is 6.33 Å². The number of sulfonamides is 1. The summed E-state index contributed by atoms with van der Waals surface area (Å²) >= 11 is 0. The summed E-state index contributed by atoms with van der Waals surface area (Å²) in [6, 6.07) is 2.20. The van der Waals surface area contributed by atoms with Gasteiger partial charge in [0.05, 0.1) is 6.54 Å². The molecule has 2 rings (SSSR count). The number of nitrogens with two attached hydrogens (primary N) is 1. The van der Waals surface area contributed by atoms with E-state index in [-0.39, 0.29) is 12.2 Å². The van der Waals surface area contributed by atoms with Crippen LogP contribution in [0.1, 0.15) is 18.3 Å². The molecule has 0 fully saturated rings. The number of aromatic nitrogens is 3. The van der Waals surface area contributed by atoms with Crippen molar-refractivity contribution in [3.8, 4) is 0 Å². The van der Waals surface area contributed by atoms with Gasteiger partial charge in [-0.25, -0.2) is 17.5 Å². The lowest BCUT2D eigenvalue weighted by Gasteiger charge is -2.10. The van der Waals surface area contributed by atoms with Gasteiger partial charge in [-0.1, -0.05) is 0 Å². The Balaban J connectivity index is 2.25. The Kier molecular flexibility index (Phi) is 4.24. The molecule has 0 aliphatic heterocycles. The van der Waals surface area contributed by atoms with Gasteiger partial charge in [-0.2, -0.15) is 0 Å². The monoisotopic (exact) mass is 313 g/mol. The van der Waals surface area contributed by atoms with Crippen molar-refractivity contribution in [1.82, 2.24) is 19.5 Å². The number of aryl methyl sites for hydroxylation is 2. The first-order valence-corrected chi connectivity index (χ1v) is 7.75. The first-order chi connectivity index (χ1) is 9.85. The molecule has 0 saturated heterocycles. The van der Waals surface area contributed by atoms with Crippen LogP contribution in [0.15, 0.2) is 23.4 Å². The fourth-order valence-corrected chi connectivity index (χ4v) is 2.86. The molecule has 0 aliphatic carbocycles. The molecule has 0 radical (unpaired) electrons. The molecule has 0 bridgehead atoms.